The van der Waals surface area contributed by atoms with E-state index in [1.54, 1.807) is 10.9 Å². The van der Waals surface area contributed by atoms with Crippen LogP contribution in [0, 0.1) is 0 Å². The zero-order valence-electron chi connectivity index (χ0n) is 10.3. The van der Waals surface area contributed by atoms with Crippen LogP contribution in [0.25, 0.3) is 10.9 Å². The van der Waals surface area contributed by atoms with Crippen molar-refractivity contribution in [1.82, 2.24) is 20.1 Å². The number of carbonyl (C=O) groups is 1. The number of hydrogen-bond donors (Lipinski definition) is 2. The molecule has 2 N–H and O–H groups in total. The van der Waals surface area contributed by atoms with Gasteiger partial charge >= 0.3 is 0 Å². The van der Waals surface area contributed by atoms with E-state index in [2.05, 4.69) is 15.4 Å². The van der Waals surface area contributed by atoms with Gasteiger partial charge in [0.1, 0.15) is 5.69 Å². The molecular formula is C14H14N4O. The van der Waals surface area contributed by atoms with Gasteiger partial charge in [-0.3, -0.25) is 9.48 Å². The summed E-state index contributed by atoms with van der Waals surface area (Å²) in [7, 11) is 0. The number of aromatic amines is 1. The van der Waals surface area contributed by atoms with Gasteiger partial charge in [-0.25, -0.2) is 0 Å². The van der Waals surface area contributed by atoms with Crippen molar-refractivity contribution in [2.45, 2.75) is 6.54 Å². The Balaban J connectivity index is 1.63. The van der Waals surface area contributed by atoms with Crippen LogP contribution in [0.3, 0.4) is 0 Å². The summed E-state index contributed by atoms with van der Waals surface area (Å²) < 4.78 is 1.78. The number of aromatic nitrogens is 3. The molecule has 1 aromatic carbocycles. The van der Waals surface area contributed by atoms with Crippen molar-refractivity contribution in [3.63, 3.8) is 0 Å². The number of H-pyrrole nitrogens is 1. The van der Waals surface area contributed by atoms with E-state index in [1.807, 2.05) is 42.6 Å². The van der Waals surface area contributed by atoms with Crippen LogP contribution in [0.5, 0.6) is 0 Å². The third-order valence-electron chi connectivity index (χ3n) is 2.96. The van der Waals surface area contributed by atoms with E-state index in [1.165, 1.54) is 0 Å². The minimum atomic E-state index is -0.0941. The summed E-state index contributed by atoms with van der Waals surface area (Å²) >= 11 is 0. The van der Waals surface area contributed by atoms with Crippen molar-refractivity contribution in [3.8, 4) is 0 Å². The fraction of sp³-hybridized carbons (Fsp3) is 0.143. The average Bonchev–Trinajstić information content (AvgIpc) is 3.07. The Hall–Kier alpha value is -2.56. The topological polar surface area (TPSA) is 62.7 Å². The third-order valence-corrected chi connectivity index (χ3v) is 2.96. The number of hydrogen-bond acceptors (Lipinski definition) is 2. The van der Waals surface area contributed by atoms with Gasteiger partial charge in [-0.15, -0.1) is 0 Å². The largest absolute Gasteiger partial charge is 0.351 e. The zero-order valence-corrected chi connectivity index (χ0v) is 10.3. The monoisotopic (exact) mass is 254 g/mol. The molecule has 3 aromatic rings. The summed E-state index contributed by atoms with van der Waals surface area (Å²) in [5.41, 5.74) is 1.56. The van der Waals surface area contributed by atoms with Gasteiger partial charge in [0, 0.05) is 29.8 Å². The number of amides is 1. The quantitative estimate of drug-likeness (QED) is 0.745. The van der Waals surface area contributed by atoms with Crippen LogP contribution in [0.4, 0.5) is 0 Å². The minimum absolute atomic E-state index is 0.0941. The molecule has 3 rings (SSSR count). The molecular weight excluding hydrogens is 240 g/mol. The highest BCUT2D eigenvalue weighted by Crippen LogP contribution is 2.14. The van der Waals surface area contributed by atoms with Gasteiger partial charge in [-0.05, 0) is 18.2 Å². The van der Waals surface area contributed by atoms with Crippen LogP contribution in [-0.2, 0) is 6.54 Å². The lowest BCUT2D eigenvalue weighted by molar-refractivity contribution is 0.0948. The van der Waals surface area contributed by atoms with Crippen LogP contribution in [0.1, 0.15) is 10.5 Å². The second kappa shape index (κ2) is 4.97. The molecule has 0 aliphatic rings. The number of nitrogens with one attached hydrogen (secondary N) is 2. The molecule has 0 saturated heterocycles. The van der Waals surface area contributed by atoms with Crippen molar-refractivity contribution in [2.75, 3.05) is 6.54 Å². The maximum absolute atomic E-state index is 12.0. The van der Waals surface area contributed by atoms with E-state index in [-0.39, 0.29) is 5.91 Å². The lowest BCUT2D eigenvalue weighted by Crippen LogP contribution is -2.27. The van der Waals surface area contributed by atoms with Gasteiger partial charge in [-0.1, -0.05) is 18.2 Å². The van der Waals surface area contributed by atoms with Crippen molar-refractivity contribution >= 4 is 16.8 Å². The van der Waals surface area contributed by atoms with Gasteiger partial charge in [0.2, 0.25) is 0 Å². The molecule has 0 radical (unpaired) electrons. The van der Waals surface area contributed by atoms with Crippen molar-refractivity contribution in [2.24, 2.45) is 0 Å². The van der Waals surface area contributed by atoms with Gasteiger partial charge in [0.05, 0.1) is 6.54 Å². The summed E-state index contributed by atoms with van der Waals surface area (Å²) in [5, 5.41) is 7.99. The molecule has 2 heterocycles. The van der Waals surface area contributed by atoms with Crippen LogP contribution >= 0.6 is 0 Å². The first-order chi connectivity index (χ1) is 9.33. The normalized spacial score (nSPS) is 10.7. The Bertz CT molecular complexity index is 651. The van der Waals surface area contributed by atoms with E-state index in [9.17, 15) is 4.79 Å². The SMILES string of the molecule is O=C(NCCn1cccn1)c1cc2ccccc2[nH]1. The molecule has 5 nitrogen and oxygen atoms in total. The smallest absolute Gasteiger partial charge is 0.267 e. The number of carbonyl (C=O) groups excluding carboxylic acids is 1. The van der Waals surface area contributed by atoms with Crippen molar-refractivity contribution in [3.05, 3.63) is 54.5 Å². The number of fused-ring (bicyclic) bond motifs is 1. The fourth-order valence-corrected chi connectivity index (χ4v) is 2.01. The average molecular weight is 254 g/mol. The summed E-state index contributed by atoms with van der Waals surface area (Å²) in [4.78, 5) is 15.1. The maximum atomic E-state index is 12.0. The van der Waals surface area contributed by atoms with E-state index in [0.717, 1.165) is 10.9 Å². The van der Waals surface area contributed by atoms with E-state index >= 15 is 0 Å². The van der Waals surface area contributed by atoms with Crippen LogP contribution in [0.15, 0.2) is 48.8 Å². The lowest BCUT2D eigenvalue weighted by atomic mass is 10.2. The molecule has 0 unspecified atom stereocenters. The van der Waals surface area contributed by atoms with Crippen LogP contribution in [0.2, 0.25) is 0 Å². The zero-order chi connectivity index (χ0) is 13.1. The van der Waals surface area contributed by atoms with Gasteiger partial charge in [0.15, 0.2) is 0 Å². The fourth-order valence-electron chi connectivity index (χ4n) is 2.01. The highest BCUT2D eigenvalue weighted by atomic mass is 16.1. The Morgan fingerprint density at radius 1 is 1.32 bits per heavy atom. The highest BCUT2D eigenvalue weighted by molar-refractivity contribution is 5.97. The predicted molar refractivity (Wildman–Crippen MR) is 72.9 cm³/mol. The first kappa shape index (κ1) is 11.5. The van der Waals surface area contributed by atoms with E-state index in [0.29, 0.717) is 18.8 Å². The molecule has 2 aromatic heterocycles. The molecule has 0 bridgehead atoms. The molecule has 1 amide bonds. The molecule has 0 atom stereocenters. The summed E-state index contributed by atoms with van der Waals surface area (Å²) in [5.74, 6) is -0.0941. The minimum Gasteiger partial charge on any atom is -0.351 e. The first-order valence-electron chi connectivity index (χ1n) is 6.16. The molecule has 0 fully saturated rings. The standard InChI is InChI=1S/C14H14N4O/c19-14(15-7-9-18-8-3-6-16-18)13-10-11-4-1-2-5-12(11)17-13/h1-6,8,10,17H,7,9H2,(H,15,19). The Kier molecular flexibility index (Phi) is 3.02. The summed E-state index contributed by atoms with van der Waals surface area (Å²) in [6.45, 7) is 1.22. The molecule has 0 aliphatic carbocycles. The van der Waals surface area contributed by atoms with Crippen LogP contribution in [-0.4, -0.2) is 27.2 Å². The second-order valence-electron chi connectivity index (χ2n) is 4.30. The van der Waals surface area contributed by atoms with Crippen molar-refractivity contribution < 1.29 is 4.79 Å². The highest BCUT2D eigenvalue weighted by Gasteiger charge is 2.08. The van der Waals surface area contributed by atoms with Crippen molar-refractivity contribution in [1.29, 1.82) is 0 Å². The van der Waals surface area contributed by atoms with Crippen LogP contribution < -0.4 is 5.32 Å². The number of benzene rings is 1. The third kappa shape index (κ3) is 2.49. The Morgan fingerprint density at radius 2 is 2.21 bits per heavy atom. The molecule has 5 heteroatoms. The maximum Gasteiger partial charge on any atom is 0.267 e. The van der Waals surface area contributed by atoms with E-state index < -0.39 is 0 Å². The molecule has 0 spiro atoms. The lowest BCUT2D eigenvalue weighted by Gasteiger charge is -2.03. The van der Waals surface area contributed by atoms with Gasteiger partial charge < -0.3 is 10.3 Å². The number of rotatable bonds is 4. The first-order valence-corrected chi connectivity index (χ1v) is 6.16. The van der Waals surface area contributed by atoms with E-state index in [4.69, 9.17) is 0 Å². The molecule has 19 heavy (non-hydrogen) atoms. The molecule has 96 valence electrons. The van der Waals surface area contributed by atoms with Gasteiger partial charge in [0.25, 0.3) is 5.91 Å². The summed E-state index contributed by atoms with van der Waals surface area (Å²) in [6, 6.07) is 11.5. The Morgan fingerprint density at radius 3 is 3.00 bits per heavy atom. The van der Waals surface area contributed by atoms with Gasteiger partial charge in [-0.2, -0.15) is 5.10 Å². The second-order valence-corrected chi connectivity index (χ2v) is 4.30. The molecule has 0 aliphatic heterocycles. The molecule has 0 saturated carbocycles. The number of nitrogens with zero attached hydrogens (tertiary/aromatic N) is 2. The summed E-state index contributed by atoms with van der Waals surface area (Å²) in [6.07, 6.45) is 3.59. The predicted octanol–water partition coefficient (Wildman–Crippen LogP) is 1.79. The number of para-hydroxylation sites is 1. The Labute approximate surface area is 110 Å².